The summed E-state index contributed by atoms with van der Waals surface area (Å²) in [6.07, 6.45) is 2.14. The molecule has 0 spiro atoms. The highest BCUT2D eigenvalue weighted by atomic mass is 32.2. The number of aromatic nitrogens is 4. The van der Waals surface area contributed by atoms with Gasteiger partial charge in [-0.05, 0) is 37.8 Å². The van der Waals surface area contributed by atoms with Gasteiger partial charge in [-0.25, -0.2) is 19.5 Å². The molecule has 0 bridgehead atoms. The van der Waals surface area contributed by atoms with E-state index in [1.54, 1.807) is 18.3 Å². The highest BCUT2D eigenvalue weighted by Crippen LogP contribution is 2.35. The van der Waals surface area contributed by atoms with E-state index in [4.69, 9.17) is 5.14 Å². The number of hydrogen-bond donors (Lipinski definition) is 3. The second kappa shape index (κ2) is 10.5. The van der Waals surface area contributed by atoms with Crippen molar-refractivity contribution < 1.29 is 32.0 Å². The zero-order valence-corrected chi connectivity index (χ0v) is 20.2. The van der Waals surface area contributed by atoms with Crippen LogP contribution in [0.2, 0.25) is 0 Å². The Hall–Kier alpha value is -3.10. The van der Waals surface area contributed by atoms with Crippen LogP contribution < -0.4 is 5.14 Å². The lowest BCUT2D eigenvalue weighted by Crippen LogP contribution is -2.31. The van der Waals surface area contributed by atoms with Gasteiger partial charge in [0, 0.05) is 23.9 Å². The van der Waals surface area contributed by atoms with Crippen LogP contribution in [-0.4, -0.2) is 63.0 Å². The molecule has 36 heavy (non-hydrogen) atoms. The maximum Gasteiger partial charge on any atom is 0.333 e. The molecule has 13 heteroatoms. The number of aliphatic hydroxyl groups excluding tert-OH is 2. The fourth-order valence-electron chi connectivity index (χ4n) is 4.44. The van der Waals surface area contributed by atoms with Crippen molar-refractivity contribution >= 4 is 16.1 Å². The SMILES string of the molecule is Cc1ccc(F)c(Cn2ccc(C(=O)c3cncnc3C[C@@H]3C[C@H](COS(N)(=O)=O)[C@@H](O)[C@H]3O)n2)c1. The van der Waals surface area contributed by atoms with E-state index in [1.165, 1.54) is 29.3 Å². The number of aryl methyl sites for hydroxylation is 1. The summed E-state index contributed by atoms with van der Waals surface area (Å²) < 4.78 is 42.3. The van der Waals surface area contributed by atoms with Crippen LogP contribution in [0.3, 0.4) is 0 Å². The van der Waals surface area contributed by atoms with Crippen LogP contribution in [0.4, 0.5) is 4.39 Å². The minimum absolute atomic E-state index is 0.116. The van der Waals surface area contributed by atoms with Crippen LogP contribution in [0, 0.1) is 24.6 Å². The molecule has 1 aromatic carbocycles. The van der Waals surface area contributed by atoms with Crippen LogP contribution in [0.1, 0.15) is 39.3 Å². The average Bonchev–Trinajstić information content (AvgIpc) is 3.40. The topological polar surface area (TPSA) is 171 Å². The summed E-state index contributed by atoms with van der Waals surface area (Å²) in [6, 6.07) is 6.28. The van der Waals surface area contributed by atoms with Gasteiger partial charge < -0.3 is 10.2 Å². The average molecular weight is 520 g/mol. The molecule has 0 aliphatic heterocycles. The van der Waals surface area contributed by atoms with Crippen molar-refractivity contribution in [1.29, 1.82) is 0 Å². The Labute approximate surface area is 207 Å². The molecule has 1 saturated carbocycles. The molecule has 0 radical (unpaired) electrons. The number of benzene rings is 1. The summed E-state index contributed by atoms with van der Waals surface area (Å²) in [5, 5.41) is 29.9. The van der Waals surface area contributed by atoms with Gasteiger partial charge in [0.2, 0.25) is 5.78 Å². The van der Waals surface area contributed by atoms with Crippen LogP contribution in [0.25, 0.3) is 0 Å². The highest BCUT2D eigenvalue weighted by Gasteiger charge is 2.42. The molecule has 4 rings (SSSR count). The predicted octanol–water partition coefficient (Wildman–Crippen LogP) is 0.520. The van der Waals surface area contributed by atoms with E-state index in [2.05, 4.69) is 19.2 Å². The van der Waals surface area contributed by atoms with Gasteiger partial charge in [0.05, 0.1) is 36.6 Å². The van der Waals surface area contributed by atoms with Crippen LogP contribution in [0.5, 0.6) is 0 Å². The van der Waals surface area contributed by atoms with E-state index in [0.29, 0.717) is 11.3 Å². The summed E-state index contributed by atoms with van der Waals surface area (Å²) >= 11 is 0. The van der Waals surface area contributed by atoms with Gasteiger partial charge in [-0.2, -0.15) is 13.5 Å². The third-order valence-corrected chi connectivity index (χ3v) is 6.73. The first kappa shape index (κ1) is 26.0. The molecule has 0 unspecified atom stereocenters. The summed E-state index contributed by atoms with van der Waals surface area (Å²) in [5.74, 6) is -2.00. The Morgan fingerprint density at radius 3 is 2.75 bits per heavy atom. The minimum atomic E-state index is -4.19. The molecule has 4 atom stereocenters. The second-order valence-electron chi connectivity index (χ2n) is 8.92. The molecule has 0 amide bonds. The quantitative estimate of drug-likeness (QED) is 0.341. The Bertz CT molecular complexity index is 1360. The zero-order chi connectivity index (χ0) is 26.0. The van der Waals surface area contributed by atoms with E-state index in [-0.39, 0.29) is 43.1 Å². The molecule has 3 aromatic rings. The van der Waals surface area contributed by atoms with Crippen molar-refractivity contribution in [2.24, 2.45) is 17.0 Å². The maximum atomic E-state index is 14.1. The highest BCUT2D eigenvalue weighted by molar-refractivity contribution is 7.84. The molecule has 0 saturated heterocycles. The summed E-state index contributed by atoms with van der Waals surface area (Å²) in [5.41, 5.74) is 1.98. The van der Waals surface area contributed by atoms with Gasteiger partial charge in [-0.15, -0.1) is 0 Å². The van der Waals surface area contributed by atoms with E-state index in [0.717, 1.165) is 5.56 Å². The van der Waals surface area contributed by atoms with Gasteiger partial charge in [-0.1, -0.05) is 17.7 Å². The van der Waals surface area contributed by atoms with E-state index >= 15 is 0 Å². The van der Waals surface area contributed by atoms with E-state index < -0.39 is 40.1 Å². The minimum Gasteiger partial charge on any atom is -0.390 e. The molecule has 11 nitrogen and oxygen atoms in total. The fourth-order valence-corrected chi connectivity index (χ4v) is 4.81. The van der Waals surface area contributed by atoms with Crippen molar-refractivity contribution in [2.75, 3.05) is 6.61 Å². The zero-order valence-electron chi connectivity index (χ0n) is 19.4. The molecular formula is C23H26FN5O6S. The van der Waals surface area contributed by atoms with Gasteiger partial charge >= 0.3 is 10.3 Å². The third kappa shape index (κ3) is 5.99. The van der Waals surface area contributed by atoms with Crippen molar-refractivity contribution in [2.45, 2.75) is 38.5 Å². The molecule has 2 aromatic heterocycles. The Kier molecular flexibility index (Phi) is 7.57. The number of carbonyl (C=O) groups excluding carboxylic acids is 1. The summed E-state index contributed by atoms with van der Waals surface area (Å²) in [4.78, 5) is 21.3. The Morgan fingerprint density at radius 1 is 1.25 bits per heavy atom. The number of ketones is 1. The van der Waals surface area contributed by atoms with Crippen LogP contribution in [0.15, 0.2) is 43.0 Å². The second-order valence-corrected chi connectivity index (χ2v) is 10.1. The smallest absolute Gasteiger partial charge is 0.333 e. The van der Waals surface area contributed by atoms with Crippen molar-refractivity contribution in [3.8, 4) is 0 Å². The van der Waals surface area contributed by atoms with Crippen LogP contribution >= 0.6 is 0 Å². The lowest BCUT2D eigenvalue weighted by atomic mass is 9.95. The van der Waals surface area contributed by atoms with E-state index in [9.17, 15) is 27.8 Å². The first-order chi connectivity index (χ1) is 17.0. The molecular weight excluding hydrogens is 493 g/mol. The number of aliphatic hydroxyl groups is 2. The molecule has 2 heterocycles. The standard InChI is InChI=1S/C23H26FN5O6S/c1-13-2-3-18(24)15(6-13)10-29-5-4-19(28-29)23(32)17-9-26-12-27-20(17)8-14-7-16(22(31)21(14)30)11-35-36(25,33)34/h2-6,9,12,14,16,21-22,30-31H,7-8,10-11H2,1H3,(H2,25,33,34)/t14-,16+,21-,22+/m0/s1. The van der Waals surface area contributed by atoms with Gasteiger partial charge in [-0.3, -0.25) is 13.7 Å². The fraction of sp³-hybridized carbons (Fsp3) is 0.391. The maximum absolute atomic E-state index is 14.1. The number of hydrogen-bond acceptors (Lipinski definition) is 9. The normalized spacial score (nSPS) is 22.1. The Balaban J connectivity index is 1.49. The number of nitrogens with two attached hydrogens (primary N) is 1. The number of carbonyl (C=O) groups is 1. The lowest BCUT2D eigenvalue weighted by molar-refractivity contribution is -0.00334. The molecule has 192 valence electrons. The third-order valence-electron chi connectivity index (χ3n) is 6.27. The lowest BCUT2D eigenvalue weighted by Gasteiger charge is -2.17. The van der Waals surface area contributed by atoms with Crippen molar-refractivity contribution in [3.63, 3.8) is 0 Å². The summed E-state index contributed by atoms with van der Waals surface area (Å²) in [7, 11) is -4.19. The Morgan fingerprint density at radius 2 is 2.00 bits per heavy atom. The molecule has 1 aliphatic rings. The van der Waals surface area contributed by atoms with Gasteiger partial charge in [0.25, 0.3) is 0 Å². The summed E-state index contributed by atoms with van der Waals surface area (Å²) in [6.45, 7) is 1.63. The van der Waals surface area contributed by atoms with Crippen molar-refractivity contribution in [1.82, 2.24) is 19.7 Å². The largest absolute Gasteiger partial charge is 0.390 e. The predicted molar refractivity (Wildman–Crippen MR) is 124 cm³/mol. The number of nitrogens with zero attached hydrogens (tertiary/aromatic N) is 4. The van der Waals surface area contributed by atoms with Crippen LogP contribution in [-0.2, 0) is 27.5 Å². The molecule has 1 fully saturated rings. The number of halogens is 1. The molecule has 1 aliphatic carbocycles. The van der Waals surface area contributed by atoms with Gasteiger partial charge in [0.15, 0.2) is 0 Å². The van der Waals surface area contributed by atoms with Gasteiger partial charge in [0.1, 0.15) is 17.8 Å². The molecule has 4 N–H and O–H groups in total. The number of rotatable bonds is 9. The first-order valence-corrected chi connectivity index (χ1v) is 12.6. The first-order valence-electron chi connectivity index (χ1n) is 11.2. The monoisotopic (exact) mass is 519 g/mol. The van der Waals surface area contributed by atoms with E-state index in [1.807, 2.05) is 6.92 Å². The van der Waals surface area contributed by atoms with Crippen molar-refractivity contribution in [3.05, 3.63) is 76.9 Å².